The molecule has 0 aromatic heterocycles. The van der Waals surface area contributed by atoms with Crippen molar-refractivity contribution in [1.29, 1.82) is 0 Å². The van der Waals surface area contributed by atoms with Gasteiger partial charge in [-0.1, -0.05) is 26.0 Å². The highest BCUT2D eigenvalue weighted by molar-refractivity contribution is 5.73. The van der Waals surface area contributed by atoms with Gasteiger partial charge in [0.25, 0.3) is 0 Å². The molecule has 0 saturated heterocycles. The van der Waals surface area contributed by atoms with Gasteiger partial charge in [-0.2, -0.15) is 0 Å². The van der Waals surface area contributed by atoms with E-state index < -0.39 is 0 Å². The highest BCUT2D eigenvalue weighted by atomic mass is 16.5. The lowest BCUT2D eigenvalue weighted by Crippen LogP contribution is -2.38. The van der Waals surface area contributed by atoms with E-state index in [-0.39, 0.29) is 6.03 Å². The molecule has 1 aromatic rings. The van der Waals surface area contributed by atoms with Gasteiger partial charge in [0.1, 0.15) is 5.75 Å². The molecule has 2 amide bonds. The number of carbonyl (C=O) groups is 1. The fraction of sp³-hybridized carbons (Fsp3) is 0.533. The first-order valence-electron chi connectivity index (χ1n) is 6.73. The molecule has 0 fully saturated rings. The lowest BCUT2D eigenvalue weighted by atomic mass is 10.2. The molecule has 0 aliphatic rings. The maximum Gasteiger partial charge on any atom is 0.317 e. The molecule has 19 heavy (non-hydrogen) atoms. The summed E-state index contributed by atoms with van der Waals surface area (Å²) in [6.45, 7) is 8.07. The van der Waals surface area contributed by atoms with Crippen molar-refractivity contribution >= 4 is 6.03 Å². The first-order valence-corrected chi connectivity index (χ1v) is 6.73. The first-order chi connectivity index (χ1) is 9.02. The van der Waals surface area contributed by atoms with Crippen LogP contribution in [0.3, 0.4) is 0 Å². The zero-order chi connectivity index (χ0) is 14.3. The summed E-state index contributed by atoms with van der Waals surface area (Å²) in [5, 5.41) is 2.90. The molecule has 0 heterocycles. The van der Waals surface area contributed by atoms with Crippen molar-refractivity contribution in [1.82, 2.24) is 10.2 Å². The number of amides is 2. The molecule has 0 saturated carbocycles. The summed E-state index contributed by atoms with van der Waals surface area (Å²) in [5.41, 5.74) is 1.09. The van der Waals surface area contributed by atoms with E-state index in [0.29, 0.717) is 25.6 Å². The van der Waals surface area contributed by atoms with Gasteiger partial charge in [-0.05, 0) is 30.5 Å². The van der Waals surface area contributed by atoms with Gasteiger partial charge in [0.2, 0.25) is 0 Å². The number of benzene rings is 1. The van der Waals surface area contributed by atoms with E-state index in [0.717, 1.165) is 11.3 Å². The Balaban J connectivity index is 2.47. The summed E-state index contributed by atoms with van der Waals surface area (Å²) in [4.78, 5) is 13.5. The number of rotatable bonds is 6. The van der Waals surface area contributed by atoms with Gasteiger partial charge < -0.3 is 15.0 Å². The normalized spacial score (nSPS) is 10.4. The SMILES string of the molecule is CCOc1ccc(CN(C)C(=O)NCC(C)C)cc1. The Morgan fingerprint density at radius 1 is 1.32 bits per heavy atom. The Bertz CT molecular complexity index is 388. The quantitative estimate of drug-likeness (QED) is 0.858. The predicted octanol–water partition coefficient (Wildman–Crippen LogP) is 2.88. The average Bonchev–Trinajstić information content (AvgIpc) is 2.38. The molecule has 0 bridgehead atoms. The molecular formula is C15H24N2O2. The second-order valence-electron chi connectivity index (χ2n) is 5.01. The van der Waals surface area contributed by atoms with Gasteiger partial charge in [-0.15, -0.1) is 0 Å². The molecule has 0 unspecified atom stereocenters. The maximum atomic E-state index is 11.8. The van der Waals surface area contributed by atoms with E-state index >= 15 is 0 Å². The number of hydrogen-bond donors (Lipinski definition) is 1. The van der Waals surface area contributed by atoms with Crippen molar-refractivity contribution < 1.29 is 9.53 Å². The summed E-state index contributed by atoms with van der Waals surface area (Å²) in [5.74, 6) is 1.32. The van der Waals surface area contributed by atoms with E-state index in [2.05, 4.69) is 19.2 Å². The zero-order valence-electron chi connectivity index (χ0n) is 12.3. The summed E-state index contributed by atoms with van der Waals surface area (Å²) >= 11 is 0. The summed E-state index contributed by atoms with van der Waals surface area (Å²) in [6, 6.07) is 7.79. The molecule has 0 atom stereocenters. The zero-order valence-corrected chi connectivity index (χ0v) is 12.3. The van der Waals surface area contributed by atoms with Crippen molar-refractivity contribution in [3.05, 3.63) is 29.8 Å². The van der Waals surface area contributed by atoms with Gasteiger partial charge in [-0.3, -0.25) is 0 Å². The van der Waals surface area contributed by atoms with Crippen LogP contribution in [-0.4, -0.2) is 31.1 Å². The number of nitrogens with zero attached hydrogens (tertiary/aromatic N) is 1. The Morgan fingerprint density at radius 2 is 1.95 bits per heavy atom. The van der Waals surface area contributed by atoms with Gasteiger partial charge in [0, 0.05) is 20.1 Å². The highest BCUT2D eigenvalue weighted by Gasteiger charge is 2.09. The van der Waals surface area contributed by atoms with Crippen LogP contribution < -0.4 is 10.1 Å². The molecule has 0 radical (unpaired) electrons. The fourth-order valence-electron chi connectivity index (χ4n) is 1.63. The number of carbonyl (C=O) groups excluding carboxylic acids is 1. The van der Waals surface area contributed by atoms with Crippen LogP contribution in [0.5, 0.6) is 5.75 Å². The van der Waals surface area contributed by atoms with Crippen LogP contribution in [0.25, 0.3) is 0 Å². The summed E-state index contributed by atoms with van der Waals surface area (Å²) in [7, 11) is 1.80. The van der Waals surface area contributed by atoms with Crippen LogP contribution in [-0.2, 0) is 6.54 Å². The molecule has 0 spiro atoms. The van der Waals surface area contributed by atoms with Gasteiger partial charge in [0.05, 0.1) is 6.61 Å². The van der Waals surface area contributed by atoms with Crippen LogP contribution in [0.4, 0.5) is 4.79 Å². The van der Waals surface area contributed by atoms with Crippen LogP contribution in [0.1, 0.15) is 26.3 Å². The predicted molar refractivity (Wildman–Crippen MR) is 77.3 cm³/mol. The van der Waals surface area contributed by atoms with E-state index in [9.17, 15) is 4.79 Å². The standard InChI is InChI=1S/C15H24N2O2/c1-5-19-14-8-6-13(7-9-14)11-17(4)15(18)16-10-12(2)3/h6-9,12H,5,10-11H2,1-4H3,(H,16,18). The Morgan fingerprint density at radius 3 is 2.47 bits per heavy atom. The van der Waals surface area contributed by atoms with Crippen LogP contribution in [0, 0.1) is 5.92 Å². The van der Waals surface area contributed by atoms with Crippen LogP contribution in [0.2, 0.25) is 0 Å². The molecule has 106 valence electrons. The van der Waals surface area contributed by atoms with E-state index in [1.807, 2.05) is 31.2 Å². The Labute approximate surface area is 115 Å². The molecule has 4 nitrogen and oxygen atoms in total. The molecule has 1 aromatic carbocycles. The number of hydrogen-bond acceptors (Lipinski definition) is 2. The first kappa shape index (κ1) is 15.3. The molecule has 0 aliphatic carbocycles. The summed E-state index contributed by atoms with van der Waals surface area (Å²) < 4.78 is 5.39. The Hall–Kier alpha value is -1.71. The van der Waals surface area contributed by atoms with E-state index in [1.54, 1.807) is 11.9 Å². The average molecular weight is 264 g/mol. The minimum atomic E-state index is -0.0393. The minimum Gasteiger partial charge on any atom is -0.494 e. The fourth-order valence-corrected chi connectivity index (χ4v) is 1.63. The van der Waals surface area contributed by atoms with Crippen molar-refractivity contribution in [3.8, 4) is 5.75 Å². The second kappa shape index (κ2) is 7.67. The molecule has 1 N–H and O–H groups in total. The lowest BCUT2D eigenvalue weighted by Gasteiger charge is -2.19. The largest absolute Gasteiger partial charge is 0.494 e. The molecule has 4 heteroatoms. The van der Waals surface area contributed by atoms with E-state index in [4.69, 9.17) is 4.74 Å². The van der Waals surface area contributed by atoms with Gasteiger partial charge in [0.15, 0.2) is 0 Å². The third-order valence-electron chi connectivity index (χ3n) is 2.66. The third-order valence-corrected chi connectivity index (χ3v) is 2.66. The second-order valence-corrected chi connectivity index (χ2v) is 5.01. The van der Waals surface area contributed by atoms with Crippen molar-refractivity contribution in [3.63, 3.8) is 0 Å². The van der Waals surface area contributed by atoms with Crippen molar-refractivity contribution in [2.24, 2.45) is 5.92 Å². The molecular weight excluding hydrogens is 240 g/mol. The van der Waals surface area contributed by atoms with Crippen molar-refractivity contribution in [2.45, 2.75) is 27.3 Å². The smallest absolute Gasteiger partial charge is 0.317 e. The maximum absolute atomic E-state index is 11.8. The monoisotopic (exact) mass is 264 g/mol. The Kier molecular flexibility index (Phi) is 6.19. The molecule has 0 aliphatic heterocycles. The van der Waals surface area contributed by atoms with Gasteiger partial charge >= 0.3 is 6.03 Å². The topological polar surface area (TPSA) is 41.6 Å². The van der Waals surface area contributed by atoms with Crippen LogP contribution in [0.15, 0.2) is 24.3 Å². The minimum absolute atomic E-state index is 0.0393. The lowest BCUT2D eigenvalue weighted by molar-refractivity contribution is 0.205. The highest BCUT2D eigenvalue weighted by Crippen LogP contribution is 2.13. The number of urea groups is 1. The summed E-state index contributed by atoms with van der Waals surface area (Å²) in [6.07, 6.45) is 0. The number of nitrogens with one attached hydrogen (secondary N) is 1. The third kappa shape index (κ3) is 5.64. The van der Waals surface area contributed by atoms with Crippen LogP contribution >= 0.6 is 0 Å². The van der Waals surface area contributed by atoms with E-state index in [1.165, 1.54) is 0 Å². The number of ether oxygens (including phenoxy) is 1. The molecule has 1 rings (SSSR count). The van der Waals surface area contributed by atoms with Crippen molar-refractivity contribution in [2.75, 3.05) is 20.2 Å². The van der Waals surface area contributed by atoms with Gasteiger partial charge in [-0.25, -0.2) is 4.79 Å².